The predicted molar refractivity (Wildman–Crippen MR) is 138 cm³/mol. The van der Waals surface area contributed by atoms with Crippen molar-refractivity contribution in [2.24, 2.45) is 17.1 Å². The fourth-order valence-electron chi connectivity index (χ4n) is 3.60. The van der Waals surface area contributed by atoms with E-state index in [2.05, 4.69) is 42.0 Å². The number of hydrogen-bond donors (Lipinski definition) is 5. The Labute approximate surface area is 205 Å². The summed E-state index contributed by atoms with van der Waals surface area (Å²) in [7, 11) is 0. The van der Waals surface area contributed by atoms with Crippen LogP contribution in [0.3, 0.4) is 0 Å². The maximum atomic E-state index is 13.1. The van der Waals surface area contributed by atoms with Crippen LogP contribution >= 0.6 is 0 Å². The van der Waals surface area contributed by atoms with Crippen LogP contribution in [0.5, 0.6) is 0 Å². The van der Waals surface area contributed by atoms with Crippen LogP contribution < -0.4 is 27.0 Å². The standard InChI is InChI=1S/C26H45N5O3/c1-17(2)21(31-26(6,7)8)23(33)30-20(10-9-15-28-24(27)34)22(32)29-19-13-11-18(12-14-19)16-25(3,4)5/h11-14,17,20-21,31H,9-10,15-16H2,1-8H3,(H,29,32)(H,30,33)(H3,27,28,34)/t20-,21?/m0/s1. The molecule has 4 amide bonds. The molecule has 0 bridgehead atoms. The molecule has 0 saturated carbocycles. The molecule has 192 valence electrons. The number of nitrogens with two attached hydrogens (primary N) is 1. The molecular formula is C26H45N5O3. The lowest BCUT2D eigenvalue weighted by molar-refractivity contribution is -0.129. The normalized spacial score (nSPS) is 13.8. The SMILES string of the molecule is CC(C)C(NC(C)(C)C)C(=O)N[C@@H](CCCNC(N)=O)C(=O)Nc1ccc(CC(C)(C)C)cc1. The van der Waals surface area contributed by atoms with Crippen LogP contribution in [0.15, 0.2) is 24.3 Å². The van der Waals surface area contributed by atoms with Gasteiger partial charge >= 0.3 is 6.03 Å². The molecule has 2 atom stereocenters. The Morgan fingerprint density at radius 1 is 0.941 bits per heavy atom. The Kier molecular flexibility index (Phi) is 11.0. The molecule has 0 fully saturated rings. The van der Waals surface area contributed by atoms with Gasteiger partial charge in [0.15, 0.2) is 0 Å². The lowest BCUT2D eigenvalue weighted by Gasteiger charge is -2.31. The van der Waals surface area contributed by atoms with Gasteiger partial charge in [-0.1, -0.05) is 46.8 Å². The van der Waals surface area contributed by atoms with E-state index in [9.17, 15) is 14.4 Å². The van der Waals surface area contributed by atoms with E-state index in [1.165, 1.54) is 5.56 Å². The first-order chi connectivity index (χ1) is 15.6. The summed E-state index contributed by atoms with van der Waals surface area (Å²) in [5.74, 6) is -0.488. The highest BCUT2D eigenvalue weighted by Crippen LogP contribution is 2.22. The average molecular weight is 476 g/mol. The molecule has 0 spiro atoms. The molecule has 0 aromatic heterocycles. The minimum Gasteiger partial charge on any atom is -0.352 e. The van der Waals surface area contributed by atoms with E-state index in [0.717, 1.165) is 6.42 Å². The van der Waals surface area contributed by atoms with Crippen molar-refractivity contribution in [2.45, 2.75) is 92.3 Å². The number of urea groups is 1. The molecule has 8 nitrogen and oxygen atoms in total. The van der Waals surface area contributed by atoms with Gasteiger partial charge in [0.1, 0.15) is 6.04 Å². The Morgan fingerprint density at radius 3 is 2.00 bits per heavy atom. The number of primary amides is 1. The molecule has 0 aliphatic rings. The van der Waals surface area contributed by atoms with E-state index < -0.39 is 18.1 Å². The van der Waals surface area contributed by atoms with Crippen molar-refractivity contribution in [2.75, 3.05) is 11.9 Å². The number of carbonyl (C=O) groups excluding carboxylic acids is 3. The van der Waals surface area contributed by atoms with E-state index in [4.69, 9.17) is 5.73 Å². The third-order valence-corrected chi connectivity index (χ3v) is 5.10. The highest BCUT2D eigenvalue weighted by molar-refractivity contribution is 5.97. The number of rotatable bonds is 11. The Balaban J connectivity index is 2.93. The van der Waals surface area contributed by atoms with Crippen molar-refractivity contribution in [1.29, 1.82) is 0 Å². The average Bonchev–Trinajstić information content (AvgIpc) is 2.67. The zero-order chi connectivity index (χ0) is 26.1. The molecule has 8 heteroatoms. The number of nitrogens with one attached hydrogen (secondary N) is 4. The van der Waals surface area contributed by atoms with Crippen LogP contribution in [0.25, 0.3) is 0 Å². The second-order valence-corrected chi connectivity index (χ2v) is 11.5. The monoisotopic (exact) mass is 475 g/mol. The van der Waals surface area contributed by atoms with Crippen molar-refractivity contribution >= 4 is 23.5 Å². The quantitative estimate of drug-likeness (QED) is 0.314. The summed E-state index contributed by atoms with van der Waals surface area (Å²) in [6, 6.07) is 5.96. The Bertz CT molecular complexity index is 807. The van der Waals surface area contributed by atoms with Gasteiger partial charge in [0, 0.05) is 17.8 Å². The largest absolute Gasteiger partial charge is 0.352 e. The lowest BCUT2D eigenvalue weighted by Crippen LogP contribution is -2.57. The summed E-state index contributed by atoms with van der Waals surface area (Å²) >= 11 is 0. The Hall–Kier alpha value is -2.61. The van der Waals surface area contributed by atoms with Gasteiger partial charge in [-0.3, -0.25) is 9.59 Å². The van der Waals surface area contributed by atoms with Crippen molar-refractivity contribution < 1.29 is 14.4 Å². The molecule has 0 radical (unpaired) electrons. The third-order valence-electron chi connectivity index (χ3n) is 5.10. The van der Waals surface area contributed by atoms with Crippen LogP contribution in [0, 0.1) is 11.3 Å². The summed E-state index contributed by atoms with van der Waals surface area (Å²) in [6.45, 7) is 16.8. The van der Waals surface area contributed by atoms with Gasteiger partial charge in [-0.15, -0.1) is 0 Å². The van der Waals surface area contributed by atoms with Gasteiger partial charge in [0.2, 0.25) is 11.8 Å². The summed E-state index contributed by atoms with van der Waals surface area (Å²) in [5, 5.41) is 11.7. The Morgan fingerprint density at radius 2 is 1.53 bits per heavy atom. The topological polar surface area (TPSA) is 125 Å². The second kappa shape index (κ2) is 12.7. The molecule has 0 aliphatic carbocycles. The summed E-state index contributed by atoms with van der Waals surface area (Å²) in [5.41, 5.74) is 6.91. The van der Waals surface area contributed by atoms with Gasteiger partial charge < -0.3 is 27.0 Å². The highest BCUT2D eigenvalue weighted by atomic mass is 16.2. The van der Waals surface area contributed by atoms with Gasteiger partial charge in [-0.2, -0.15) is 0 Å². The van der Waals surface area contributed by atoms with E-state index in [-0.39, 0.29) is 28.7 Å². The first-order valence-electron chi connectivity index (χ1n) is 12.1. The van der Waals surface area contributed by atoms with Crippen molar-refractivity contribution in [3.63, 3.8) is 0 Å². The highest BCUT2D eigenvalue weighted by Gasteiger charge is 2.30. The van der Waals surface area contributed by atoms with Crippen LogP contribution in [-0.4, -0.2) is 42.0 Å². The molecular weight excluding hydrogens is 430 g/mol. The van der Waals surface area contributed by atoms with Crippen molar-refractivity contribution in [1.82, 2.24) is 16.0 Å². The fourth-order valence-corrected chi connectivity index (χ4v) is 3.60. The molecule has 1 aromatic carbocycles. The minimum atomic E-state index is -0.751. The van der Waals surface area contributed by atoms with Gasteiger partial charge in [0.25, 0.3) is 0 Å². The maximum absolute atomic E-state index is 13.1. The molecule has 0 heterocycles. The fraction of sp³-hybridized carbons (Fsp3) is 0.654. The smallest absolute Gasteiger partial charge is 0.312 e. The molecule has 0 saturated heterocycles. The van der Waals surface area contributed by atoms with Crippen LogP contribution in [0.4, 0.5) is 10.5 Å². The summed E-state index contributed by atoms with van der Waals surface area (Å²) in [4.78, 5) is 37.2. The lowest BCUT2D eigenvalue weighted by atomic mass is 9.88. The van der Waals surface area contributed by atoms with Crippen molar-refractivity contribution in [3.05, 3.63) is 29.8 Å². The number of benzene rings is 1. The molecule has 1 unspecified atom stereocenters. The van der Waals surface area contributed by atoms with E-state index in [0.29, 0.717) is 25.1 Å². The molecule has 1 rings (SSSR count). The van der Waals surface area contributed by atoms with Gasteiger partial charge in [0.05, 0.1) is 6.04 Å². The zero-order valence-electron chi connectivity index (χ0n) is 22.2. The van der Waals surface area contributed by atoms with Crippen LogP contribution in [0.1, 0.15) is 73.8 Å². The molecule has 34 heavy (non-hydrogen) atoms. The maximum Gasteiger partial charge on any atom is 0.312 e. The summed E-state index contributed by atoms with van der Waals surface area (Å²) in [6.07, 6.45) is 1.79. The van der Waals surface area contributed by atoms with Crippen LogP contribution in [-0.2, 0) is 16.0 Å². The first-order valence-corrected chi connectivity index (χ1v) is 12.1. The number of anilines is 1. The van der Waals surface area contributed by atoms with Crippen molar-refractivity contribution in [3.8, 4) is 0 Å². The second-order valence-electron chi connectivity index (χ2n) is 11.5. The zero-order valence-corrected chi connectivity index (χ0v) is 22.2. The predicted octanol–water partition coefficient (Wildman–Crippen LogP) is 3.56. The third kappa shape index (κ3) is 12.0. The van der Waals surface area contributed by atoms with Gasteiger partial charge in [-0.25, -0.2) is 4.79 Å². The first kappa shape index (κ1) is 29.4. The summed E-state index contributed by atoms with van der Waals surface area (Å²) < 4.78 is 0. The molecule has 1 aromatic rings. The molecule has 0 aliphatic heterocycles. The van der Waals surface area contributed by atoms with E-state index in [1.807, 2.05) is 58.9 Å². The molecule has 6 N–H and O–H groups in total. The minimum absolute atomic E-state index is 0.0369. The van der Waals surface area contributed by atoms with Crippen LogP contribution in [0.2, 0.25) is 0 Å². The van der Waals surface area contributed by atoms with Gasteiger partial charge in [-0.05, 0) is 69.1 Å². The number of amides is 4. The van der Waals surface area contributed by atoms with E-state index in [1.54, 1.807) is 0 Å². The number of carbonyl (C=O) groups is 3. The number of hydrogen-bond acceptors (Lipinski definition) is 4. The van der Waals surface area contributed by atoms with E-state index >= 15 is 0 Å².